The topological polar surface area (TPSA) is 21.7 Å². The van der Waals surface area contributed by atoms with Crippen molar-refractivity contribution in [2.75, 3.05) is 46.1 Å². The zero-order valence-electron chi connectivity index (χ0n) is 15.0. The molecule has 0 aromatic heterocycles. The van der Waals surface area contributed by atoms with Crippen molar-refractivity contribution in [1.82, 2.24) is 4.90 Å². The number of morpholine rings is 1. The van der Waals surface area contributed by atoms with E-state index in [9.17, 15) is 0 Å². The van der Waals surface area contributed by atoms with E-state index in [-0.39, 0.29) is 0 Å². The lowest BCUT2D eigenvalue weighted by atomic mass is 9.84. The van der Waals surface area contributed by atoms with Crippen LogP contribution in [0.1, 0.15) is 60.3 Å². The summed E-state index contributed by atoms with van der Waals surface area (Å²) in [6.07, 6.45) is 4.88. The van der Waals surface area contributed by atoms with Gasteiger partial charge in [0.25, 0.3) is 0 Å². The molecule has 1 aliphatic rings. The molecule has 3 nitrogen and oxygen atoms in total. The van der Waals surface area contributed by atoms with Crippen molar-refractivity contribution in [2.24, 2.45) is 10.8 Å². The summed E-state index contributed by atoms with van der Waals surface area (Å²) in [4.78, 5) is 2.53. The van der Waals surface area contributed by atoms with Gasteiger partial charge in [0, 0.05) is 26.3 Å². The molecule has 3 heteroatoms. The summed E-state index contributed by atoms with van der Waals surface area (Å²) in [5.41, 5.74) is 0.779. The molecule has 1 rings (SSSR count). The molecule has 1 fully saturated rings. The van der Waals surface area contributed by atoms with Crippen LogP contribution in [0, 0.1) is 10.8 Å². The van der Waals surface area contributed by atoms with Crippen molar-refractivity contribution in [3.8, 4) is 0 Å². The van der Waals surface area contributed by atoms with Crippen molar-refractivity contribution >= 4 is 0 Å². The summed E-state index contributed by atoms with van der Waals surface area (Å²) in [5, 5.41) is 0. The maximum atomic E-state index is 5.81. The van der Waals surface area contributed by atoms with E-state index < -0.39 is 0 Å². The van der Waals surface area contributed by atoms with Gasteiger partial charge in [0.05, 0.1) is 13.2 Å². The van der Waals surface area contributed by atoms with Gasteiger partial charge in [-0.15, -0.1) is 0 Å². The Bertz CT molecular complexity index is 265. The highest BCUT2D eigenvalue weighted by Crippen LogP contribution is 2.27. The van der Waals surface area contributed by atoms with E-state index in [1.54, 1.807) is 0 Å². The Morgan fingerprint density at radius 1 is 0.905 bits per heavy atom. The second-order valence-electron chi connectivity index (χ2n) is 8.39. The number of hydrogen-bond acceptors (Lipinski definition) is 3. The van der Waals surface area contributed by atoms with E-state index >= 15 is 0 Å². The quantitative estimate of drug-likeness (QED) is 0.601. The van der Waals surface area contributed by atoms with Gasteiger partial charge in [-0.3, -0.25) is 4.90 Å². The van der Waals surface area contributed by atoms with Crippen LogP contribution in [0.2, 0.25) is 0 Å². The summed E-state index contributed by atoms with van der Waals surface area (Å²) >= 11 is 0. The van der Waals surface area contributed by atoms with Gasteiger partial charge in [0.2, 0.25) is 0 Å². The van der Waals surface area contributed by atoms with Gasteiger partial charge in [-0.25, -0.2) is 0 Å². The normalized spacial score (nSPS) is 18.1. The third-order valence-corrected chi connectivity index (χ3v) is 4.35. The molecule has 0 aliphatic carbocycles. The number of nitrogens with zero attached hydrogens (tertiary/aromatic N) is 1. The van der Waals surface area contributed by atoms with Crippen LogP contribution in [0.5, 0.6) is 0 Å². The van der Waals surface area contributed by atoms with Crippen LogP contribution in [0.4, 0.5) is 0 Å². The SMILES string of the molecule is CC(C)(C)CCOCCC(C)(C)CCCN1CCOCC1. The summed E-state index contributed by atoms with van der Waals surface area (Å²) in [6, 6.07) is 0. The first-order valence-corrected chi connectivity index (χ1v) is 8.66. The first-order chi connectivity index (χ1) is 9.79. The Morgan fingerprint density at radius 2 is 1.52 bits per heavy atom. The Hall–Kier alpha value is -0.120. The highest BCUT2D eigenvalue weighted by atomic mass is 16.5. The molecular formula is C18H37NO2. The molecule has 0 atom stereocenters. The van der Waals surface area contributed by atoms with Crippen molar-refractivity contribution in [2.45, 2.75) is 60.3 Å². The molecule has 0 radical (unpaired) electrons. The van der Waals surface area contributed by atoms with Gasteiger partial charge in [0.1, 0.15) is 0 Å². The number of rotatable bonds is 9. The van der Waals surface area contributed by atoms with Crippen molar-refractivity contribution in [3.05, 3.63) is 0 Å². The summed E-state index contributed by atoms with van der Waals surface area (Å²) < 4.78 is 11.2. The Morgan fingerprint density at radius 3 is 2.14 bits per heavy atom. The Kier molecular flexibility index (Phi) is 8.22. The molecule has 0 aromatic carbocycles. The van der Waals surface area contributed by atoms with Gasteiger partial charge in [-0.2, -0.15) is 0 Å². The molecule has 1 heterocycles. The molecule has 0 amide bonds. The second kappa shape index (κ2) is 9.12. The fourth-order valence-electron chi connectivity index (χ4n) is 2.56. The summed E-state index contributed by atoms with van der Waals surface area (Å²) in [6.45, 7) is 18.6. The molecule has 0 unspecified atom stereocenters. The fraction of sp³-hybridized carbons (Fsp3) is 1.00. The smallest absolute Gasteiger partial charge is 0.0594 e. The minimum Gasteiger partial charge on any atom is -0.381 e. The van der Waals surface area contributed by atoms with E-state index in [2.05, 4.69) is 39.5 Å². The van der Waals surface area contributed by atoms with E-state index in [4.69, 9.17) is 9.47 Å². The predicted molar refractivity (Wildman–Crippen MR) is 89.8 cm³/mol. The van der Waals surface area contributed by atoms with Gasteiger partial charge >= 0.3 is 0 Å². The molecule has 0 spiro atoms. The first-order valence-electron chi connectivity index (χ1n) is 8.66. The predicted octanol–water partition coefficient (Wildman–Crippen LogP) is 3.97. The molecular weight excluding hydrogens is 262 g/mol. The lowest BCUT2D eigenvalue weighted by Gasteiger charge is -2.29. The second-order valence-corrected chi connectivity index (χ2v) is 8.39. The molecule has 0 bridgehead atoms. The molecule has 0 aromatic rings. The molecule has 1 aliphatic heterocycles. The average Bonchev–Trinajstić information content (AvgIpc) is 2.38. The molecule has 1 saturated heterocycles. The molecule has 0 N–H and O–H groups in total. The van der Waals surface area contributed by atoms with E-state index in [1.807, 2.05) is 0 Å². The lowest BCUT2D eigenvalue weighted by molar-refractivity contribution is 0.0348. The third kappa shape index (κ3) is 10.3. The summed E-state index contributed by atoms with van der Waals surface area (Å²) in [7, 11) is 0. The average molecular weight is 299 g/mol. The highest BCUT2D eigenvalue weighted by Gasteiger charge is 2.19. The number of hydrogen-bond donors (Lipinski definition) is 0. The minimum atomic E-state index is 0.383. The number of ether oxygens (including phenoxy) is 2. The molecule has 126 valence electrons. The van der Waals surface area contributed by atoms with Crippen LogP contribution < -0.4 is 0 Å². The maximum Gasteiger partial charge on any atom is 0.0594 e. The van der Waals surface area contributed by atoms with Crippen LogP contribution in [0.3, 0.4) is 0 Å². The van der Waals surface area contributed by atoms with Gasteiger partial charge in [-0.05, 0) is 43.1 Å². The minimum absolute atomic E-state index is 0.383. The first kappa shape index (κ1) is 18.9. The Labute approximate surface area is 132 Å². The highest BCUT2D eigenvalue weighted by molar-refractivity contribution is 4.71. The third-order valence-electron chi connectivity index (χ3n) is 4.35. The zero-order chi connectivity index (χ0) is 15.8. The largest absolute Gasteiger partial charge is 0.381 e. The van der Waals surface area contributed by atoms with Crippen LogP contribution in [-0.2, 0) is 9.47 Å². The van der Waals surface area contributed by atoms with Crippen molar-refractivity contribution in [1.29, 1.82) is 0 Å². The van der Waals surface area contributed by atoms with E-state index in [0.29, 0.717) is 10.8 Å². The standard InChI is InChI=1S/C18H37NO2/c1-17(2,3)8-13-20-14-9-18(4,5)7-6-10-19-11-15-21-16-12-19/h6-16H2,1-5H3. The van der Waals surface area contributed by atoms with E-state index in [1.165, 1.54) is 25.8 Å². The monoisotopic (exact) mass is 299 g/mol. The van der Waals surface area contributed by atoms with Crippen LogP contribution in [-0.4, -0.2) is 51.0 Å². The van der Waals surface area contributed by atoms with Gasteiger partial charge in [0.15, 0.2) is 0 Å². The maximum absolute atomic E-state index is 5.81. The fourth-order valence-corrected chi connectivity index (χ4v) is 2.56. The van der Waals surface area contributed by atoms with Crippen LogP contribution >= 0.6 is 0 Å². The van der Waals surface area contributed by atoms with Crippen molar-refractivity contribution in [3.63, 3.8) is 0 Å². The van der Waals surface area contributed by atoms with Crippen LogP contribution in [0.25, 0.3) is 0 Å². The van der Waals surface area contributed by atoms with Gasteiger partial charge < -0.3 is 9.47 Å². The Balaban J connectivity index is 2.04. The molecule has 21 heavy (non-hydrogen) atoms. The van der Waals surface area contributed by atoms with Gasteiger partial charge in [-0.1, -0.05) is 34.6 Å². The van der Waals surface area contributed by atoms with Crippen LogP contribution in [0.15, 0.2) is 0 Å². The summed E-state index contributed by atoms with van der Waals surface area (Å²) in [5.74, 6) is 0. The van der Waals surface area contributed by atoms with Crippen molar-refractivity contribution < 1.29 is 9.47 Å². The lowest BCUT2D eigenvalue weighted by Crippen LogP contribution is -2.37. The zero-order valence-corrected chi connectivity index (χ0v) is 15.0. The molecule has 0 saturated carbocycles. The van der Waals surface area contributed by atoms with E-state index in [0.717, 1.165) is 45.9 Å².